The Morgan fingerprint density at radius 1 is 1.09 bits per heavy atom. The van der Waals surface area contributed by atoms with Crippen molar-refractivity contribution in [1.29, 1.82) is 0 Å². The second-order valence-electron chi connectivity index (χ2n) is 5.41. The van der Waals surface area contributed by atoms with Gasteiger partial charge in [0.15, 0.2) is 0 Å². The van der Waals surface area contributed by atoms with Crippen LogP contribution in [0.2, 0.25) is 5.02 Å². The van der Waals surface area contributed by atoms with Gasteiger partial charge < -0.3 is 10.1 Å². The third kappa shape index (κ3) is 3.52. The molecule has 0 bridgehead atoms. The summed E-state index contributed by atoms with van der Waals surface area (Å²) in [7, 11) is 0. The Morgan fingerprint density at radius 3 is 2.35 bits per heavy atom. The number of halogens is 4. The van der Waals surface area contributed by atoms with Crippen LogP contribution in [0.25, 0.3) is 11.1 Å². The fraction of sp³-hybridized carbons (Fsp3) is 0.294. The second kappa shape index (κ2) is 6.51. The molecule has 122 valence electrons. The SMILES string of the molecule is FC(F)(F)c1c(COC2CNC2)ccc(Cl)c1-c1ccccc1. The predicted molar refractivity (Wildman–Crippen MR) is 83.3 cm³/mol. The van der Waals surface area contributed by atoms with Crippen LogP contribution in [-0.4, -0.2) is 19.2 Å². The molecule has 1 aliphatic heterocycles. The van der Waals surface area contributed by atoms with Crippen LogP contribution in [0.15, 0.2) is 42.5 Å². The molecule has 1 heterocycles. The van der Waals surface area contributed by atoms with Crippen LogP contribution in [0.3, 0.4) is 0 Å². The normalized spacial score (nSPS) is 15.5. The van der Waals surface area contributed by atoms with E-state index in [1.54, 1.807) is 30.3 Å². The molecular formula is C17H15ClF3NO. The van der Waals surface area contributed by atoms with Gasteiger partial charge in [-0.3, -0.25) is 0 Å². The van der Waals surface area contributed by atoms with Gasteiger partial charge in [0, 0.05) is 23.7 Å². The molecule has 0 radical (unpaired) electrons. The molecule has 1 fully saturated rings. The monoisotopic (exact) mass is 341 g/mol. The molecule has 0 atom stereocenters. The Hall–Kier alpha value is -1.56. The zero-order chi connectivity index (χ0) is 16.4. The van der Waals surface area contributed by atoms with Gasteiger partial charge in [0.1, 0.15) is 0 Å². The first-order chi connectivity index (χ1) is 11.0. The van der Waals surface area contributed by atoms with Gasteiger partial charge in [-0.15, -0.1) is 0 Å². The van der Waals surface area contributed by atoms with Gasteiger partial charge in [-0.05, 0) is 17.2 Å². The van der Waals surface area contributed by atoms with Gasteiger partial charge in [-0.25, -0.2) is 0 Å². The highest BCUT2D eigenvalue weighted by molar-refractivity contribution is 6.33. The Kier molecular flexibility index (Phi) is 4.62. The average Bonchev–Trinajstić information content (AvgIpc) is 2.46. The van der Waals surface area contributed by atoms with Crippen LogP contribution < -0.4 is 5.32 Å². The van der Waals surface area contributed by atoms with Gasteiger partial charge in [-0.2, -0.15) is 13.2 Å². The summed E-state index contributed by atoms with van der Waals surface area (Å²) in [5.41, 5.74) is -0.166. The predicted octanol–water partition coefficient (Wildman–Crippen LogP) is 4.51. The zero-order valence-corrected chi connectivity index (χ0v) is 12.9. The Labute approximate surface area is 137 Å². The van der Waals surface area contributed by atoms with Gasteiger partial charge in [0.25, 0.3) is 0 Å². The molecule has 1 aliphatic rings. The van der Waals surface area contributed by atoms with E-state index in [1.807, 2.05) is 0 Å². The molecule has 2 aromatic carbocycles. The molecule has 2 nitrogen and oxygen atoms in total. The van der Waals surface area contributed by atoms with E-state index in [0.29, 0.717) is 18.7 Å². The molecule has 3 rings (SSSR count). The number of rotatable bonds is 4. The molecule has 6 heteroatoms. The molecule has 1 saturated heterocycles. The van der Waals surface area contributed by atoms with Crippen LogP contribution in [0.1, 0.15) is 11.1 Å². The van der Waals surface area contributed by atoms with E-state index in [0.717, 1.165) is 0 Å². The molecule has 0 unspecified atom stereocenters. The molecule has 23 heavy (non-hydrogen) atoms. The Morgan fingerprint density at radius 2 is 1.78 bits per heavy atom. The lowest BCUT2D eigenvalue weighted by Crippen LogP contribution is -2.48. The van der Waals surface area contributed by atoms with Gasteiger partial charge in [-0.1, -0.05) is 48.0 Å². The van der Waals surface area contributed by atoms with Crippen LogP contribution in [0, 0.1) is 0 Å². The number of hydrogen-bond acceptors (Lipinski definition) is 2. The van der Waals surface area contributed by atoms with Crippen molar-refractivity contribution in [2.24, 2.45) is 0 Å². The Bertz CT molecular complexity index is 684. The van der Waals surface area contributed by atoms with Gasteiger partial charge in [0.2, 0.25) is 0 Å². The molecule has 0 amide bonds. The minimum atomic E-state index is -4.51. The van der Waals surface area contributed by atoms with Crippen molar-refractivity contribution in [3.8, 4) is 11.1 Å². The lowest BCUT2D eigenvalue weighted by atomic mass is 9.95. The molecule has 0 aromatic heterocycles. The number of hydrogen-bond donors (Lipinski definition) is 1. The maximum absolute atomic E-state index is 13.7. The standard InChI is InChI=1S/C17H15ClF3NO/c18-14-7-6-12(10-23-13-8-22-9-13)16(17(19,20)21)15(14)11-4-2-1-3-5-11/h1-7,13,22H,8-10H2. The molecule has 0 aliphatic carbocycles. The molecule has 1 N–H and O–H groups in total. The molecule has 0 saturated carbocycles. The largest absolute Gasteiger partial charge is 0.417 e. The quantitative estimate of drug-likeness (QED) is 0.883. The van der Waals surface area contributed by atoms with Crippen LogP contribution in [-0.2, 0) is 17.5 Å². The van der Waals surface area contributed by atoms with Gasteiger partial charge >= 0.3 is 6.18 Å². The summed E-state index contributed by atoms with van der Waals surface area (Å²) in [6.45, 7) is 1.25. The van der Waals surface area contributed by atoms with Crippen LogP contribution in [0.5, 0.6) is 0 Å². The highest BCUT2D eigenvalue weighted by atomic mass is 35.5. The average molecular weight is 342 g/mol. The first-order valence-electron chi connectivity index (χ1n) is 7.23. The summed E-state index contributed by atoms with van der Waals surface area (Å²) in [6.07, 6.45) is -4.54. The number of benzene rings is 2. The highest BCUT2D eigenvalue weighted by Gasteiger charge is 2.37. The van der Waals surface area contributed by atoms with Crippen molar-refractivity contribution < 1.29 is 17.9 Å². The van der Waals surface area contributed by atoms with Crippen LogP contribution in [0.4, 0.5) is 13.2 Å². The fourth-order valence-electron chi connectivity index (χ4n) is 2.54. The topological polar surface area (TPSA) is 21.3 Å². The first kappa shape index (κ1) is 16.3. The minimum absolute atomic E-state index is 0.00704. The summed E-state index contributed by atoms with van der Waals surface area (Å²) in [5.74, 6) is 0. The van der Waals surface area contributed by atoms with Crippen molar-refractivity contribution >= 4 is 11.6 Å². The van der Waals surface area contributed by atoms with Crippen molar-refractivity contribution in [3.63, 3.8) is 0 Å². The van der Waals surface area contributed by atoms with Gasteiger partial charge in [0.05, 0.1) is 18.3 Å². The van der Waals surface area contributed by atoms with Crippen molar-refractivity contribution in [1.82, 2.24) is 5.32 Å². The van der Waals surface area contributed by atoms with E-state index in [4.69, 9.17) is 16.3 Å². The van der Waals surface area contributed by atoms with Crippen molar-refractivity contribution in [2.45, 2.75) is 18.9 Å². The molecule has 2 aromatic rings. The van der Waals surface area contributed by atoms with E-state index in [1.165, 1.54) is 12.1 Å². The second-order valence-corrected chi connectivity index (χ2v) is 5.82. The highest BCUT2D eigenvalue weighted by Crippen LogP contribution is 2.43. The number of nitrogens with one attached hydrogen (secondary N) is 1. The zero-order valence-electron chi connectivity index (χ0n) is 12.2. The van der Waals surface area contributed by atoms with E-state index in [9.17, 15) is 13.2 Å². The van der Waals surface area contributed by atoms with E-state index < -0.39 is 11.7 Å². The summed E-state index contributed by atoms with van der Waals surface area (Å²) >= 11 is 6.09. The maximum atomic E-state index is 13.7. The van der Waals surface area contributed by atoms with Crippen molar-refractivity contribution in [2.75, 3.05) is 13.1 Å². The number of alkyl halides is 3. The first-order valence-corrected chi connectivity index (χ1v) is 7.61. The maximum Gasteiger partial charge on any atom is 0.417 e. The van der Waals surface area contributed by atoms with Crippen LogP contribution >= 0.6 is 11.6 Å². The van der Waals surface area contributed by atoms with Crippen molar-refractivity contribution in [3.05, 3.63) is 58.6 Å². The molecular weight excluding hydrogens is 327 g/mol. The lowest BCUT2D eigenvalue weighted by molar-refractivity contribution is -0.138. The van der Waals surface area contributed by atoms with E-state index in [2.05, 4.69) is 5.32 Å². The summed E-state index contributed by atoms with van der Waals surface area (Å²) < 4.78 is 46.5. The van der Waals surface area contributed by atoms with E-state index in [-0.39, 0.29) is 28.9 Å². The third-order valence-electron chi connectivity index (χ3n) is 3.81. The fourth-order valence-corrected chi connectivity index (χ4v) is 2.81. The van der Waals surface area contributed by atoms with E-state index >= 15 is 0 Å². The summed E-state index contributed by atoms with van der Waals surface area (Å²) in [6, 6.07) is 11.3. The summed E-state index contributed by atoms with van der Waals surface area (Å²) in [5, 5.41) is 3.10. The third-order valence-corrected chi connectivity index (χ3v) is 4.12. The minimum Gasteiger partial charge on any atom is -0.371 e. The lowest BCUT2D eigenvalue weighted by Gasteiger charge is -2.28. The Balaban J connectivity index is 2.05. The summed E-state index contributed by atoms with van der Waals surface area (Å²) in [4.78, 5) is 0. The smallest absolute Gasteiger partial charge is 0.371 e. The number of ether oxygens (including phenoxy) is 1. The molecule has 0 spiro atoms.